The summed E-state index contributed by atoms with van der Waals surface area (Å²) in [6.07, 6.45) is -10.0. The average Bonchev–Trinajstić information content (AvgIpc) is 3.68. The molecule has 2 heterocycles. The fraction of sp³-hybridized carbons (Fsp3) is 0.0851. The number of hydrogen-bond donors (Lipinski definition) is 0. The highest BCUT2D eigenvalue weighted by Crippen LogP contribution is 2.45. The lowest BCUT2D eigenvalue weighted by molar-refractivity contribution is -0.143. The Bertz CT molecular complexity index is 3070. The van der Waals surface area contributed by atoms with Crippen molar-refractivity contribution in [1.29, 1.82) is 0 Å². The van der Waals surface area contributed by atoms with Crippen LogP contribution >= 0.6 is 0 Å². The van der Waals surface area contributed by atoms with E-state index in [0.717, 1.165) is 66.9 Å². The summed E-state index contributed by atoms with van der Waals surface area (Å²) in [6, 6.07) is 40.0. The van der Waals surface area contributed by atoms with Crippen molar-refractivity contribution in [3.05, 3.63) is 173 Å². The van der Waals surface area contributed by atoms with Crippen LogP contribution in [0.15, 0.2) is 140 Å². The molecule has 0 unspecified atom stereocenters. The molecular formula is C47H29F6N3. The molecule has 2 aromatic heterocycles. The van der Waals surface area contributed by atoms with Crippen LogP contribution in [0.25, 0.3) is 82.1 Å². The average molecular weight is 750 g/mol. The van der Waals surface area contributed by atoms with Crippen molar-refractivity contribution >= 4 is 49.3 Å². The van der Waals surface area contributed by atoms with Crippen molar-refractivity contribution in [2.24, 2.45) is 0 Å². The standard InChI is InChI=1S/C47H29F6N3/c1-27-12-17-42-37(20-27)34-8-4-6-10-40(34)55(42)44-19-14-29(30-22-31(46(48,49)50)25-32(23-30)47(51,52)53)24-39(44)36-16-15-33(54-3)26-45(36)56-41-11-7-5-9-35(41)38-21-28(2)13-18-43(38)56/h4-26H,1-2H3. The largest absolute Gasteiger partial charge is 0.416 e. The summed E-state index contributed by atoms with van der Waals surface area (Å²) in [4.78, 5) is 3.76. The second kappa shape index (κ2) is 12.6. The van der Waals surface area contributed by atoms with Crippen molar-refractivity contribution in [3.8, 4) is 33.6 Å². The normalized spacial score (nSPS) is 12.3. The Morgan fingerprint density at radius 3 is 1.50 bits per heavy atom. The maximum absolute atomic E-state index is 14.1. The van der Waals surface area contributed by atoms with E-state index in [2.05, 4.69) is 26.1 Å². The lowest BCUT2D eigenvalue weighted by atomic mass is 9.93. The molecule has 56 heavy (non-hydrogen) atoms. The number of aromatic nitrogens is 2. The van der Waals surface area contributed by atoms with Crippen molar-refractivity contribution in [2.75, 3.05) is 0 Å². The fourth-order valence-corrected chi connectivity index (χ4v) is 7.94. The zero-order valence-electron chi connectivity index (χ0n) is 29.9. The zero-order chi connectivity index (χ0) is 39.1. The van der Waals surface area contributed by atoms with Crippen LogP contribution in [0.4, 0.5) is 32.0 Å². The van der Waals surface area contributed by atoms with Gasteiger partial charge >= 0.3 is 12.4 Å². The van der Waals surface area contributed by atoms with E-state index in [1.54, 1.807) is 30.3 Å². The first-order chi connectivity index (χ1) is 26.8. The smallest absolute Gasteiger partial charge is 0.310 e. The van der Waals surface area contributed by atoms with Crippen LogP contribution < -0.4 is 0 Å². The van der Waals surface area contributed by atoms with Gasteiger partial charge in [-0.25, -0.2) is 4.85 Å². The van der Waals surface area contributed by atoms with Crippen molar-refractivity contribution in [2.45, 2.75) is 26.2 Å². The van der Waals surface area contributed by atoms with E-state index in [4.69, 9.17) is 6.57 Å². The van der Waals surface area contributed by atoms with Crippen LogP contribution in [0.2, 0.25) is 0 Å². The quantitative estimate of drug-likeness (QED) is 0.126. The molecule has 0 amide bonds. The number of halogens is 6. The minimum atomic E-state index is -5.02. The van der Waals surface area contributed by atoms with Gasteiger partial charge in [0.05, 0.1) is 45.5 Å². The van der Waals surface area contributed by atoms with E-state index in [9.17, 15) is 26.3 Å². The number of aryl methyl sites for hydroxylation is 2. The molecule has 7 aromatic carbocycles. The Morgan fingerprint density at radius 1 is 0.446 bits per heavy atom. The van der Waals surface area contributed by atoms with E-state index in [-0.39, 0.29) is 17.2 Å². The first kappa shape index (κ1) is 34.9. The Labute approximate surface area is 317 Å². The number of fused-ring (bicyclic) bond motifs is 6. The monoisotopic (exact) mass is 749 g/mol. The predicted molar refractivity (Wildman–Crippen MR) is 212 cm³/mol. The molecule has 9 rings (SSSR count). The van der Waals surface area contributed by atoms with Gasteiger partial charge in [0.25, 0.3) is 0 Å². The minimum Gasteiger partial charge on any atom is -0.310 e. The molecule has 0 bridgehead atoms. The number of nitrogens with zero attached hydrogens (tertiary/aromatic N) is 3. The minimum absolute atomic E-state index is 0.143. The van der Waals surface area contributed by atoms with Gasteiger partial charge in [0.1, 0.15) is 0 Å². The van der Waals surface area contributed by atoms with Crippen molar-refractivity contribution in [1.82, 2.24) is 9.13 Å². The Balaban J connectivity index is 1.42. The number of alkyl halides is 6. The van der Waals surface area contributed by atoms with Gasteiger partial charge in [-0.05, 0) is 97.8 Å². The number of para-hydroxylation sites is 2. The second-order valence-electron chi connectivity index (χ2n) is 14.1. The highest BCUT2D eigenvalue weighted by molar-refractivity contribution is 6.12. The number of benzene rings is 7. The van der Waals surface area contributed by atoms with Gasteiger partial charge in [0, 0.05) is 38.4 Å². The van der Waals surface area contributed by atoms with Crippen LogP contribution in [-0.4, -0.2) is 9.13 Å². The topological polar surface area (TPSA) is 14.2 Å². The van der Waals surface area contributed by atoms with E-state index < -0.39 is 23.5 Å². The van der Waals surface area contributed by atoms with Crippen LogP contribution in [0, 0.1) is 20.4 Å². The molecule has 3 nitrogen and oxygen atoms in total. The summed E-state index contributed by atoms with van der Waals surface area (Å²) in [5, 5.41) is 3.95. The predicted octanol–water partition coefficient (Wildman–Crippen LogP) is 14.4. The summed E-state index contributed by atoms with van der Waals surface area (Å²) in [5.74, 6) is 0. The SMILES string of the molecule is [C-]#[N+]c1ccc(-c2cc(-c3cc(C(F)(F)F)cc(C(F)(F)F)c3)ccc2-n2c3ccccc3c3cc(C)ccc32)c(-n2c3ccccc3c3cc(C)ccc32)c1. The summed E-state index contributed by atoms with van der Waals surface area (Å²) in [5.41, 5.74) is 5.55. The molecule has 0 atom stereocenters. The van der Waals surface area contributed by atoms with Crippen molar-refractivity contribution < 1.29 is 26.3 Å². The molecule has 0 saturated heterocycles. The molecule has 0 N–H and O–H groups in total. The van der Waals surface area contributed by atoms with E-state index in [1.807, 2.05) is 92.7 Å². The van der Waals surface area contributed by atoms with Crippen LogP contribution in [0.5, 0.6) is 0 Å². The van der Waals surface area contributed by atoms with Gasteiger partial charge in [-0.2, -0.15) is 26.3 Å². The lowest BCUT2D eigenvalue weighted by Crippen LogP contribution is -2.11. The van der Waals surface area contributed by atoms with Crippen LogP contribution in [-0.2, 0) is 12.4 Å². The summed E-state index contributed by atoms with van der Waals surface area (Å²) in [7, 11) is 0. The Morgan fingerprint density at radius 2 is 0.964 bits per heavy atom. The second-order valence-corrected chi connectivity index (χ2v) is 14.1. The van der Waals surface area contributed by atoms with Gasteiger partial charge in [0.15, 0.2) is 5.69 Å². The van der Waals surface area contributed by atoms with Gasteiger partial charge < -0.3 is 9.13 Å². The van der Waals surface area contributed by atoms with Crippen molar-refractivity contribution in [3.63, 3.8) is 0 Å². The van der Waals surface area contributed by atoms with Gasteiger partial charge in [-0.1, -0.05) is 77.9 Å². The Kier molecular flexibility index (Phi) is 7.89. The van der Waals surface area contributed by atoms with E-state index in [0.29, 0.717) is 28.2 Å². The zero-order valence-corrected chi connectivity index (χ0v) is 29.9. The van der Waals surface area contributed by atoms with E-state index in [1.165, 1.54) is 0 Å². The van der Waals surface area contributed by atoms with E-state index >= 15 is 0 Å². The van der Waals surface area contributed by atoms with Gasteiger partial charge in [-0.3, -0.25) is 0 Å². The first-order valence-electron chi connectivity index (χ1n) is 17.8. The molecular weight excluding hydrogens is 721 g/mol. The van der Waals surface area contributed by atoms with Crippen LogP contribution in [0.3, 0.4) is 0 Å². The third-order valence-electron chi connectivity index (χ3n) is 10.5. The molecule has 0 radical (unpaired) electrons. The molecule has 9 heteroatoms. The molecule has 0 saturated carbocycles. The fourth-order valence-electron chi connectivity index (χ4n) is 7.94. The van der Waals surface area contributed by atoms with Gasteiger partial charge in [0.2, 0.25) is 0 Å². The molecule has 0 spiro atoms. The molecule has 9 aromatic rings. The molecule has 274 valence electrons. The Hall–Kier alpha value is -6.79. The maximum Gasteiger partial charge on any atom is 0.416 e. The highest BCUT2D eigenvalue weighted by Gasteiger charge is 2.37. The molecule has 0 aliphatic rings. The number of rotatable bonds is 4. The highest BCUT2D eigenvalue weighted by atomic mass is 19.4. The molecule has 0 aliphatic carbocycles. The summed E-state index contributed by atoms with van der Waals surface area (Å²) in [6.45, 7) is 12.0. The number of hydrogen-bond acceptors (Lipinski definition) is 0. The third-order valence-corrected chi connectivity index (χ3v) is 10.5. The third kappa shape index (κ3) is 5.68. The summed E-state index contributed by atoms with van der Waals surface area (Å²) < 4.78 is 89.0. The molecule has 0 fully saturated rings. The summed E-state index contributed by atoms with van der Waals surface area (Å²) >= 11 is 0. The first-order valence-corrected chi connectivity index (χ1v) is 17.8. The van der Waals surface area contributed by atoms with Crippen LogP contribution in [0.1, 0.15) is 22.3 Å². The maximum atomic E-state index is 14.1. The van der Waals surface area contributed by atoms with Gasteiger partial charge in [-0.15, -0.1) is 0 Å². The lowest BCUT2D eigenvalue weighted by Gasteiger charge is -2.21. The molecule has 0 aliphatic heterocycles.